The van der Waals surface area contributed by atoms with Crippen molar-refractivity contribution in [2.45, 2.75) is 39.5 Å². The average Bonchev–Trinajstić information content (AvgIpc) is 2.96. The van der Waals surface area contributed by atoms with Crippen LogP contribution in [0.15, 0.2) is 40.9 Å². The number of benzene rings is 2. The zero-order valence-corrected chi connectivity index (χ0v) is 16.1. The minimum Gasteiger partial charge on any atom is -0.354 e. The number of nitrogens with one attached hydrogen (secondary N) is 2. The maximum absolute atomic E-state index is 13.3. The van der Waals surface area contributed by atoms with E-state index in [1.54, 1.807) is 6.07 Å². The SMILES string of the molecule is CC(C)c1cccc(C(C)C)c1NC(=S)Nc1noc2cc(F)ccc12. The number of para-hydroxylation sites is 1. The molecule has 0 radical (unpaired) electrons. The molecule has 3 rings (SSSR count). The lowest BCUT2D eigenvalue weighted by molar-refractivity contribution is 0.458. The Hall–Kier alpha value is -2.47. The second-order valence-corrected chi connectivity index (χ2v) is 7.28. The fourth-order valence-corrected chi connectivity index (χ4v) is 3.15. The Balaban J connectivity index is 1.88. The summed E-state index contributed by atoms with van der Waals surface area (Å²) >= 11 is 5.49. The van der Waals surface area contributed by atoms with Gasteiger partial charge in [-0.3, -0.25) is 0 Å². The van der Waals surface area contributed by atoms with Crippen LogP contribution in [0.1, 0.15) is 50.7 Å². The summed E-state index contributed by atoms with van der Waals surface area (Å²) in [6.45, 7) is 8.61. The van der Waals surface area contributed by atoms with Crippen molar-refractivity contribution < 1.29 is 8.91 Å². The molecule has 0 saturated heterocycles. The van der Waals surface area contributed by atoms with E-state index >= 15 is 0 Å². The van der Waals surface area contributed by atoms with Crippen LogP contribution in [0.2, 0.25) is 0 Å². The Kier molecular flexibility index (Phi) is 5.23. The Bertz CT molecular complexity index is 923. The summed E-state index contributed by atoms with van der Waals surface area (Å²) in [6, 6.07) is 10.6. The number of anilines is 2. The molecule has 26 heavy (non-hydrogen) atoms. The predicted octanol–water partition coefficient (Wildman–Crippen LogP) is 6.02. The molecule has 0 atom stereocenters. The summed E-state index contributed by atoms with van der Waals surface area (Å²) < 4.78 is 18.5. The molecule has 3 aromatic rings. The van der Waals surface area contributed by atoms with Crippen LogP contribution in [0.25, 0.3) is 11.0 Å². The van der Waals surface area contributed by atoms with Crippen molar-refractivity contribution in [3.8, 4) is 0 Å². The van der Waals surface area contributed by atoms with Crippen LogP contribution in [-0.4, -0.2) is 10.3 Å². The predicted molar refractivity (Wildman–Crippen MR) is 108 cm³/mol. The summed E-state index contributed by atoms with van der Waals surface area (Å²) in [5, 5.41) is 11.4. The molecule has 2 aromatic carbocycles. The molecule has 6 heteroatoms. The van der Waals surface area contributed by atoms with E-state index in [4.69, 9.17) is 16.7 Å². The zero-order valence-electron chi connectivity index (χ0n) is 15.3. The first kappa shape index (κ1) is 18.3. The second kappa shape index (κ2) is 7.41. The molecule has 0 spiro atoms. The molecule has 0 bridgehead atoms. The minimum absolute atomic E-state index is 0.356. The third kappa shape index (κ3) is 3.70. The number of aromatic nitrogens is 1. The van der Waals surface area contributed by atoms with Gasteiger partial charge in [0.25, 0.3) is 0 Å². The zero-order chi connectivity index (χ0) is 18.8. The quantitative estimate of drug-likeness (QED) is 0.549. The number of hydrogen-bond acceptors (Lipinski definition) is 3. The number of fused-ring (bicyclic) bond motifs is 1. The topological polar surface area (TPSA) is 50.1 Å². The van der Waals surface area contributed by atoms with Crippen LogP contribution in [0.3, 0.4) is 0 Å². The molecular weight excluding hydrogens is 349 g/mol. The normalized spacial score (nSPS) is 11.3. The lowest BCUT2D eigenvalue weighted by Gasteiger charge is -2.21. The largest absolute Gasteiger partial charge is 0.354 e. The number of halogens is 1. The van der Waals surface area contributed by atoms with Crippen molar-refractivity contribution in [2.75, 3.05) is 10.6 Å². The van der Waals surface area contributed by atoms with Gasteiger partial charge in [0, 0.05) is 11.8 Å². The van der Waals surface area contributed by atoms with Crippen molar-refractivity contribution in [1.82, 2.24) is 5.16 Å². The molecule has 0 unspecified atom stereocenters. The Morgan fingerprint density at radius 3 is 2.31 bits per heavy atom. The highest BCUT2D eigenvalue weighted by Gasteiger charge is 2.16. The van der Waals surface area contributed by atoms with Crippen LogP contribution in [0.4, 0.5) is 15.9 Å². The van der Waals surface area contributed by atoms with Gasteiger partial charge in [-0.2, -0.15) is 0 Å². The first-order valence-corrected chi connectivity index (χ1v) is 9.03. The van der Waals surface area contributed by atoms with E-state index in [1.807, 2.05) is 0 Å². The monoisotopic (exact) mass is 371 g/mol. The molecule has 0 saturated carbocycles. The third-order valence-electron chi connectivity index (χ3n) is 4.28. The second-order valence-electron chi connectivity index (χ2n) is 6.87. The van der Waals surface area contributed by atoms with Crippen LogP contribution >= 0.6 is 12.2 Å². The Labute approximate surface area is 157 Å². The van der Waals surface area contributed by atoms with E-state index in [2.05, 4.69) is 61.7 Å². The van der Waals surface area contributed by atoms with E-state index in [9.17, 15) is 4.39 Å². The molecule has 0 aliphatic heterocycles. The van der Waals surface area contributed by atoms with Crippen LogP contribution in [-0.2, 0) is 0 Å². The van der Waals surface area contributed by atoms with E-state index < -0.39 is 0 Å². The van der Waals surface area contributed by atoms with E-state index in [0.717, 1.165) is 5.69 Å². The maximum Gasteiger partial charge on any atom is 0.183 e. The van der Waals surface area contributed by atoms with Crippen molar-refractivity contribution in [3.63, 3.8) is 0 Å². The molecule has 0 fully saturated rings. The summed E-state index contributed by atoms with van der Waals surface area (Å²) in [4.78, 5) is 0. The van der Waals surface area contributed by atoms with Gasteiger partial charge in [-0.25, -0.2) is 4.39 Å². The highest BCUT2D eigenvalue weighted by Crippen LogP contribution is 2.32. The highest BCUT2D eigenvalue weighted by atomic mass is 32.1. The van der Waals surface area contributed by atoms with E-state index in [0.29, 0.717) is 33.7 Å². The third-order valence-corrected chi connectivity index (χ3v) is 4.48. The molecule has 0 aliphatic carbocycles. The lowest BCUT2D eigenvalue weighted by atomic mass is 9.93. The van der Waals surface area contributed by atoms with Crippen LogP contribution in [0, 0.1) is 5.82 Å². The lowest BCUT2D eigenvalue weighted by Crippen LogP contribution is -2.21. The van der Waals surface area contributed by atoms with E-state index in [1.165, 1.54) is 23.3 Å². The van der Waals surface area contributed by atoms with Gasteiger partial charge in [0.2, 0.25) is 0 Å². The Morgan fingerprint density at radius 1 is 1.04 bits per heavy atom. The summed E-state index contributed by atoms with van der Waals surface area (Å²) in [5.41, 5.74) is 3.80. The van der Waals surface area contributed by atoms with Gasteiger partial charge < -0.3 is 15.2 Å². The molecule has 0 aliphatic rings. The fraction of sp³-hybridized carbons (Fsp3) is 0.300. The van der Waals surface area contributed by atoms with Gasteiger partial charge >= 0.3 is 0 Å². The molecule has 1 heterocycles. The Morgan fingerprint density at radius 2 is 1.69 bits per heavy atom. The molecule has 1 aromatic heterocycles. The van der Waals surface area contributed by atoms with Crippen LogP contribution in [0.5, 0.6) is 0 Å². The molecule has 2 N–H and O–H groups in total. The van der Waals surface area contributed by atoms with Gasteiger partial charge in [0.1, 0.15) is 5.82 Å². The molecule has 4 nitrogen and oxygen atoms in total. The average molecular weight is 371 g/mol. The van der Waals surface area contributed by atoms with E-state index in [-0.39, 0.29) is 5.82 Å². The molecular formula is C20H22FN3OS. The summed E-state index contributed by atoms with van der Waals surface area (Å²) in [7, 11) is 0. The van der Waals surface area contributed by atoms with Crippen molar-refractivity contribution in [2.24, 2.45) is 0 Å². The first-order chi connectivity index (χ1) is 12.4. The number of hydrogen-bond donors (Lipinski definition) is 2. The van der Waals surface area contributed by atoms with Crippen molar-refractivity contribution in [3.05, 3.63) is 53.3 Å². The molecule has 0 amide bonds. The number of nitrogens with zero attached hydrogens (tertiary/aromatic N) is 1. The van der Waals surface area contributed by atoms with Gasteiger partial charge in [0.15, 0.2) is 16.5 Å². The van der Waals surface area contributed by atoms with Crippen LogP contribution < -0.4 is 10.6 Å². The van der Waals surface area contributed by atoms with Gasteiger partial charge in [0.05, 0.1) is 5.39 Å². The van der Waals surface area contributed by atoms with Gasteiger partial charge in [-0.15, -0.1) is 0 Å². The smallest absolute Gasteiger partial charge is 0.183 e. The maximum atomic E-state index is 13.3. The highest BCUT2D eigenvalue weighted by molar-refractivity contribution is 7.80. The van der Waals surface area contributed by atoms with Crippen molar-refractivity contribution >= 4 is 39.8 Å². The van der Waals surface area contributed by atoms with Gasteiger partial charge in [-0.05, 0) is 47.3 Å². The fourth-order valence-electron chi connectivity index (χ4n) is 2.95. The summed E-state index contributed by atoms with van der Waals surface area (Å²) in [6.07, 6.45) is 0. The van der Waals surface area contributed by atoms with Crippen molar-refractivity contribution in [1.29, 1.82) is 0 Å². The minimum atomic E-state index is -0.367. The molecule has 136 valence electrons. The standard InChI is InChI=1S/C20H22FN3OS/c1-11(2)14-6-5-7-15(12(3)4)18(14)22-20(26)23-19-16-9-8-13(21)10-17(16)25-24-19/h5-12H,1-4H3,(H2,22,23,24,26). The number of rotatable bonds is 4. The summed E-state index contributed by atoms with van der Waals surface area (Å²) in [5.74, 6) is 0.809. The van der Waals surface area contributed by atoms with Gasteiger partial charge in [-0.1, -0.05) is 51.1 Å². The number of thiocarbonyl (C=S) groups is 1. The first-order valence-electron chi connectivity index (χ1n) is 8.62.